The molecule has 4 heteroatoms. The lowest BCUT2D eigenvalue weighted by molar-refractivity contribution is 0.0933. The lowest BCUT2D eigenvalue weighted by atomic mass is 10.0. The molecule has 0 aliphatic heterocycles. The molecule has 0 bridgehead atoms. The minimum atomic E-state index is -0.0453. The van der Waals surface area contributed by atoms with Crippen molar-refractivity contribution >= 4 is 21.8 Å². The van der Waals surface area contributed by atoms with E-state index >= 15 is 0 Å². The Balaban J connectivity index is 2.74. The zero-order chi connectivity index (χ0) is 13.7. The molecule has 0 radical (unpaired) electrons. The van der Waals surface area contributed by atoms with Gasteiger partial charge in [-0.1, -0.05) is 29.8 Å². The van der Waals surface area contributed by atoms with E-state index in [0.29, 0.717) is 18.0 Å². The maximum Gasteiger partial charge on any atom is 0.251 e. The van der Waals surface area contributed by atoms with E-state index in [4.69, 9.17) is 5.73 Å². The maximum absolute atomic E-state index is 12.1. The number of nitrogens with two attached hydrogens (primary N) is 1. The number of hydrogen-bond acceptors (Lipinski definition) is 2. The first-order valence-electron chi connectivity index (χ1n) is 6.21. The number of carbonyl (C=O) groups is 1. The van der Waals surface area contributed by atoms with Crippen molar-refractivity contribution in [3.05, 3.63) is 33.8 Å². The van der Waals surface area contributed by atoms with Gasteiger partial charge in [-0.05, 0) is 43.0 Å². The van der Waals surface area contributed by atoms with Crippen LogP contribution in [0.2, 0.25) is 0 Å². The van der Waals surface area contributed by atoms with Gasteiger partial charge in [0.25, 0.3) is 5.91 Å². The number of aryl methyl sites for hydroxylation is 1. The predicted octanol–water partition coefficient (Wildman–Crippen LogP) is 2.86. The average Bonchev–Trinajstić information content (AvgIpc) is 2.27. The van der Waals surface area contributed by atoms with Crippen LogP contribution in [0.1, 0.15) is 36.2 Å². The van der Waals surface area contributed by atoms with Gasteiger partial charge in [0, 0.05) is 22.6 Å². The first kappa shape index (κ1) is 15.2. The van der Waals surface area contributed by atoms with E-state index in [1.54, 1.807) is 0 Å². The van der Waals surface area contributed by atoms with Gasteiger partial charge in [0.2, 0.25) is 0 Å². The molecule has 1 rings (SSSR count). The van der Waals surface area contributed by atoms with Crippen molar-refractivity contribution in [2.24, 2.45) is 11.7 Å². The summed E-state index contributed by atoms with van der Waals surface area (Å²) in [7, 11) is 0. The summed E-state index contributed by atoms with van der Waals surface area (Å²) in [6.07, 6.45) is 0.901. The number of carbonyl (C=O) groups excluding carboxylic acids is 1. The van der Waals surface area contributed by atoms with Gasteiger partial charge in [0.05, 0.1) is 0 Å². The minimum absolute atomic E-state index is 0.0422. The van der Waals surface area contributed by atoms with E-state index in [9.17, 15) is 4.79 Å². The molecule has 0 fully saturated rings. The van der Waals surface area contributed by atoms with Crippen LogP contribution >= 0.6 is 15.9 Å². The van der Waals surface area contributed by atoms with Crippen LogP contribution in [-0.4, -0.2) is 18.5 Å². The van der Waals surface area contributed by atoms with E-state index in [1.807, 2.05) is 25.1 Å². The highest BCUT2D eigenvalue weighted by molar-refractivity contribution is 9.10. The van der Waals surface area contributed by atoms with Crippen LogP contribution in [0.5, 0.6) is 0 Å². The third kappa shape index (κ3) is 4.42. The molecule has 0 heterocycles. The molecule has 1 atom stereocenters. The van der Waals surface area contributed by atoms with E-state index < -0.39 is 0 Å². The van der Waals surface area contributed by atoms with Gasteiger partial charge in [0.1, 0.15) is 0 Å². The quantitative estimate of drug-likeness (QED) is 0.878. The SMILES string of the molecule is Cc1cc(Br)ccc1C(=O)NC(CN)CC(C)C. The van der Waals surface area contributed by atoms with Crippen molar-refractivity contribution in [1.82, 2.24) is 5.32 Å². The van der Waals surface area contributed by atoms with Gasteiger partial charge in [0.15, 0.2) is 0 Å². The second-order valence-corrected chi connectivity index (χ2v) is 5.91. The third-order valence-electron chi connectivity index (χ3n) is 2.81. The number of amides is 1. The molecule has 3 nitrogen and oxygen atoms in total. The van der Waals surface area contributed by atoms with Crippen molar-refractivity contribution in [3.8, 4) is 0 Å². The summed E-state index contributed by atoms with van der Waals surface area (Å²) < 4.78 is 0.981. The minimum Gasteiger partial charge on any atom is -0.348 e. The Labute approximate surface area is 117 Å². The summed E-state index contributed by atoms with van der Waals surface area (Å²) in [5, 5.41) is 3.00. The lowest BCUT2D eigenvalue weighted by Crippen LogP contribution is -2.41. The van der Waals surface area contributed by atoms with Gasteiger partial charge >= 0.3 is 0 Å². The van der Waals surface area contributed by atoms with E-state index in [0.717, 1.165) is 16.5 Å². The summed E-state index contributed by atoms with van der Waals surface area (Å²) in [6, 6.07) is 5.69. The zero-order valence-electron chi connectivity index (χ0n) is 11.2. The molecule has 0 spiro atoms. The number of hydrogen-bond donors (Lipinski definition) is 2. The van der Waals surface area contributed by atoms with Crippen LogP contribution in [0.4, 0.5) is 0 Å². The topological polar surface area (TPSA) is 55.1 Å². The van der Waals surface area contributed by atoms with Crippen molar-refractivity contribution < 1.29 is 4.79 Å². The molecule has 0 aromatic heterocycles. The Bertz CT molecular complexity index is 418. The van der Waals surface area contributed by atoms with Crippen LogP contribution in [0.15, 0.2) is 22.7 Å². The number of halogens is 1. The van der Waals surface area contributed by atoms with Gasteiger partial charge in [-0.2, -0.15) is 0 Å². The van der Waals surface area contributed by atoms with E-state index in [2.05, 4.69) is 35.1 Å². The normalized spacial score (nSPS) is 12.6. The summed E-state index contributed by atoms with van der Waals surface area (Å²) in [4.78, 5) is 12.1. The smallest absolute Gasteiger partial charge is 0.251 e. The van der Waals surface area contributed by atoms with Crippen LogP contribution in [0.25, 0.3) is 0 Å². The van der Waals surface area contributed by atoms with Crippen LogP contribution in [0.3, 0.4) is 0 Å². The first-order valence-corrected chi connectivity index (χ1v) is 7.00. The Hall–Kier alpha value is -0.870. The molecule has 0 aliphatic carbocycles. The van der Waals surface area contributed by atoms with Crippen LogP contribution in [0, 0.1) is 12.8 Å². The predicted molar refractivity (Wildman–Crippen MR) is 78.6 cm³/mol. The number of rotatable bonds is 5. The Morgan fingerprint density at radius 2 is 2.11 bits per heavy atom. The van der Waals surface area contributed by atoms with Crippen molar-refractivity contribution in [2.45, 2.75) is 33.2 Å². The van der Waals surface area contributed by atoms with Gasteiger partial charge in [-0.15, -0.1) is 0 Å². The second-order valence-electron chi connectivity index (χ2n) is 4.99. The molecule has 100 valence electrons. The standard InChI is InChI=1S/C14H21BrN2O/c1-9(2)6-12(8-16)17-14(18)13-5-4-11(15)7-10(13)3/h4-5,7,9,12H,6,8,16H2,1-3H3,(H,17,18). The molecule has 0 saturated heterocycles. The van der Waals surface area contributed by atoms with E-state index in [-0.39, 0.29) is 11.9 Å². The van der Waals surface area contributed by atoms with Crippen molar-refractivity contribution in [3.63, 3.8) is 0 Å². The molecule has 1 aromatic carbocycles. The molecule has 1 aromatic rings. The van der Waals surface area contributed by atoms with Crippen LogP contribution in [-0.2, 0) is 0 Å². The summed E-state index contributed by atoms with van der Waals surface area (Å²) in [5.74, 6) is 0.473. The Morgan fingerprint density at radius 1 is 1.44 bits per heavy atom. The van der Waals surface area contributed by atoms with Gasteiger partial charge in [-0.25, -0.2) is 0 Å². The van der Waals surface area contributed by atoms with Gasteiger partial charge in [-0.3, -0.25) is 4.79 Å². The van der Waals surface area contributed by atoms with Crippen LogP contribution < -0.4 is 11.1 Å². The highest BCUT2D eigenvalue weighted by Gasteiger charge is 2.15. The fourth-order valence-electron chi connectivity index (χ4n) is 1.93. The summed E-state index contributed by atoms with van der Waals surface area (Å²) in [5.41, 5.74) is 7.36. The Kier molecular flexibility index (Phi) is 5.82. The fourth-order valence-corrected chi connectivity index (χ4v) is 2.40. The Morgan fingerprint density at radius 3 is 2.61 bits per heavy atom. The lowest BCUT2D eigenvalue weighted by Gasteiger charge is -2.19. The molecule has 3 N–H and O–H groups in total. The molecular formula is C14H21BrN2O. The first-order chi connectivity index (χ1) is 8.43. The molecule has 0 saturated carbocycles. The van der Waals surface area contributed by atoms with Gasteiger partial charge < -0.3 is 11.1 Å². The third-order valence-corrected chi connectivity index (χ3v) is 3.30. The molecule has 1 amide bonds. The number of benzene rings is 1. The average molecular weight is 313 g/mol. The summed E-state index contributed by atoms with van der Waals surface area (Å²) >= 11 is 3.39. The summed E-state index contributed by atoms with van der Waals surface area (Å²) in [6.45, 7) is 6.65. The monoisotopic (exact) mass is 312 g/mol. The highest BCUT2D eigenvalue weighted by atomic mass is 79.9. The van der Waals surface area contributed by atoms with Crippen molar-refractivity contribution in [1.29, 1.82) is 0 Å². The molecular weight excluding hydrogens is 292 g/mol. The van der Waals surface area contributed by atoms with Crippen molar-refractivity contribution in [2.75, 3.05) is 6.54 Å². The largest absolute Gasteiger partial charge is 0.348 e. The fraction of sp³-hybridized carbons (Fsp3) is 0.500. The van der Waals surface area contributed by atoms with E-state index in [1.165, 1.54) is 0 Å². The molecule has 1 unspecified atom stereocenters. The molecule has 18 heavy (non-hydrogen) atoms. The maximum atomic E-state index is 12.1. The highest BCUT2D eigenvalue weighted by Crippen LogP contribution is 2.16. The zero-order valence-corrected chi connectivity index (χ0v) is 12.8. The second kappa shape index (κ2) is 6.90. The number of nitrogens with one attached hydrogen (secondary N) is 1. The molecule has 0 aliphatic rings.